The molecular weight excluding hydrogens is 324 g/mol. The first kappa shape index (κ1) is 11.8. The third-order valence-corrected chi connectivity index (χ3v) is 1.06. The molecule has 2 atom stereocenters. The number of hydrogen-bond acceptors (Lipinski definition) is 1. The molecule has 46 valence electrons. The second-order valence-electron chi connectivity index (χ2n) is 1.87. The average Bonchev–Trinajstić information content (AvgIpc) is 1.65. The van der Waals surface area contributed by atoms with Crippen LogP contribution in [-0.2, 0) is 0 Å². The van der Waals surface area contributed by atoms with Crippen molar-refractivity contribution >= 4 is 0 Å². The van der Waals surface area contributed by atoms with Crippen LogP contribution in [0, 0.1) is 50.9 Å². The van der Waals surface area contributed by atoms with Gasteiger partial charge in [-0.2, -0.15) is 5.92 Å². The average molecular weight is 337 g/mol. The van der Waals surface area contributed by atoms with E-state index in [9.17, 15) is 0 Å². The van der Waals surface area contributed by atoms with Crippen molar-refractivity contribution in [1.29, 1.82) is 0 Å². The van der Waals surface area contributed by atoms with Gasteiger partial charge in [-0.3, -0.25) is 0 Å². The van der Waals surface area contributed by atoms with E-state index in [1.165, 1.54) is 0 Å². The zero-order valence-electron chi connectivity index (χ0n) is 5.57. The molecular formula is C6H13NU. The van der Waals surface area contributed by atoms with Crippen LogP contribution in [-0.4, -0.2) is 13.1 Å². The molecule has 8 heavy (non-hydrogen) atoms. The Morgan fingerprint density at radius 1 is 1.38 bits per heavy atom. The summed E-state index contributed by atoms with van der Waals surface area (Å²) in [5, 5.41) is 2.99. The quantitative estimate of drug-likeness (QED) is 0.738. The Labute approximate surface area is 76.0 Å². The summed E-state index contributed by atoms with van der Waals surface area (Å²) in [5.74, 6) is 0.394. The second kappa shape index (κ2) is 6.14. The van der Waals surface area contributed by atoms with Gasteiger partial charge in [0.2, 0.25) is 0 Å². The van der Waals surface area contributed by atoms with Crippen LogP contribution >= 0.6 is 0 Å². The summed E-state index contributed by atoms with van der Waals surface area (Å²) in [6.07, 6.45) is 0. The Morgan fingerprint density at radius 2 is 1.75 bits per heavy atom. The van der Waals surface area contributed by atoms with E-state index in [1.807, 2.05) is 14.0 Å². The van der Waals surface area contributed by atoms with Crippen molar-refractivity contribution in [2.75, 3.05) is 7.05 Å². The molecule has 0 aliphatic heterocycles. The minimum atomic E-state index is 0. The van der Waals surface area contributed by atoms with Crippen molar-refractivity contribution in [2.24, 2.45) is 5.92 Å². The topological polar surface area (TPSA) is 12.0 Å². The number of nitrogens with one attached hydrogen (secondary N) is 1. The summed E-state index contributed by atoms with van der Waals surface area (Å²) < 4.78 is 0. The van der Waals surface area contributed by atoms with E-state index < -0.39 is 0 Å². The van der Waals surface area contributed by atoms with Crippen LogP contribution < -0.4 is 5.32 Å². The zero-order valence-corrected chi connectivity index (χ0v) is 9.73. The molecule has 0 saturated carbocycles. The van der Waals surface area contributed by atoms with Gasteiger partial charge in [-0.1, -0.05) is 6.92 Å². The number of hydrogen-bond donors (Lipinski definition) is 1. The van der Waals surface area contributed by atoms with Gasteiger partial charge in [0.05, 0.1) is 0 Å². The smallest absolute Gasteiger partial charge is 0.349 e. The van der Waals surface area contributed by atoms with Gasteiger partial charge < -0.3 is 19.2 Å². The molecule has 0 spiro atoms. The molecule has 0 aromatic heterocycles. The van der Waals surface area contributed by atoms with Crippen molar-refractivity contribution in [3.63, 3.8) is 0 Å². The van der Waals surface area contributed by atoms with Crippen LogP contribution in [0.4, 0.5) is 0 Å². The van der Waals surface area contributed by atoms with Crippen LogP contribution in [0.3, 0.4) is 0 Å². The molecule has 0 aliphatic carbocycles. The zero-order chi connectivity index (χ0) is 5.86. The first-order valence-corrected chi connectivity index (χ1v) is 2.52. The molecule has 0 aliphatic rings. The summed E-state index contributed by atoms with van der Waals surface area (Å²) >= 11 is 0. The van der Waals surface area contributed by atoms with Crippen molar-refractivity contribution < 1.29 is 31.1 Å². The Hall–Kier alpha value is 1.01. The van der Waals surface area contributed by atoms with Crippen molar-refractivity contribution in [1.82, 2.24) is 5.32 Å². The van der Waals surface area contributed by atoms with Gasteiger partial charge in [-0.25, -0.2) is 0 Å². The van der Waals surface area contributed by atoms with Gasteiger partial charge in [-0.15, -0.1) is 6.04 Å². The third kappa shape index (κ3) is 5.15. The molecule has 0 radical (unpaired) electrons. The summed E-state index contributed by atoms with van der Waals surface area (Å²) in [7, 11) is 1.89. The summed E-state index contributed by atoms with van der Waals surface area (Å²) in [4.78, 5) is 0. The van der Waals surface area contributed by atoms with Crippen LogP contribution in [0.2, 0.25) is 0 Å². The van der Waals surface area contributed by atoms with Gasteiger partial charge >= 0.3 is 31.1 Å². The van der Waals surface area contributed by atoms with E-state index >= 15 is 0 Å². The summed E-state index contributed by atoms with van der Waals surface area (Å²) in [5.41, 5.74) is 0. The minimum Gasteiger partial charge on any atom is -0.349 e. The van der Waals surface area contributed by atoms with E-state index in [1.54, 1.807) is 0 Å². The van der Waals surface area contributed by atoms with Crippen LogP contribution in [0.1, 0.15) is 6.92 Å². The molecule has 0 bridgehead atoms. The Kier molecular flexibility index (Phi) is 9.03. The summed E-state index contributed by atoms with van der Waals surface area (Å²) in [6.45, 7) is 9.60. The normalized spacial score (nSPS) is 16.5. The monoisotopic (exact) mass is 337 g/mol. The molecule has 0 heterocycles. The van der Waals surface area contributed by atoms with E-state index in [4.69, 9.17) is 0 Å². The number of rotatable bonds is 2. The second-order valence-corrected chi connectivity index (χ2v) is 1.87. The predicted molar refractivity (Wildman–Crippen MR) is 32.7 cm³/mol. The van der Waals surface area contributed by atoms with Crippen LogP contribution in [0.15, 0.2) is 0 Å². The fraction of sp³-hybridized carbons (Fsp3) is 0.667. The Morgan fingerprint density at radius 3 is 1.75 bits per heavy atom. The van der Waals surface area contributed by atoms with Gasteiger partial charge in [-0.05, 0) is 7.05 Å². The maximum absolute atomic E-state index is 3.78. The molecule has 0 aromatic rings. The third-order valence-electron chi connectivity index (χ3n) is 1.06. The predicted octanol–water partition coefficient (Wildman–Crippen LogP) is 0.879. The van der Waals surface area contributed by atoms with Crippen LogP contribution in [0.25, 0.3) is 0 Å². The molecule has 1 N–H and O–H groups in total. The Balaban J connectivity index is 0. The largest absolute Gasteiger partial charge is 2.00 e. The fourth-order valence-electron chi connectivity index (χ4n) is 0.285. The van der Waals surface area contributed by atoms with Gasteiger partial charge in [0.15, 0.2) is 0 Å². The summed E-state index contributed by atoms with van der Waals surface area (Å²) in [6, 6.07) is 0.292. The molecule has 2 heteroatoms. The first-order chi connectivity index (χ1) is 3.18. The van der Waals surface area contributed by atoms with Gasteiger partial charge in [0, 0.05) is 0 Å². The maximum atomic E-state index is 3.78. The maximum Gasteiger partial charge on any atom is 2.00 e. The van der Waals surface area contributed by atoms with E-state index in [0.717, 1.165) is 0 Å². The van der Waals surface area contributed by atoms with Crippen molar-refractivity contribution in [2.45, 2.75) is 13.0 Å². The van der Waals surface area contributed by atoms with E-state index in [0.29, 0.717) is 12.0 Å². The fourth-order valence-corrected chi connectivity index (χ4v) is 0.285. The van der Waals surface area contributed by atoms with Crippen LogP contribution in [0.5, 0.6) is 0 Å². The Bertz CT molecular complexity index is 45.8. The molecule has 0 saturated heterocycles. The molecule has 1 nitrogen and oxygen atoms in total. The van der Waals surface area contributed by atoms with E-state index in [2.05, 4.69) is 19.2 Å². The molecule has 2 unspecified atom stereocenters. The molecule has 0 rings (SSSR count). The standard InChI is InChI=1S/C6H13N.U/c1-5(2)6(3)7-4;/h5-7H,1,3H2,2,4H3;/q-2;+2. The van der Waals surface area contributed by atoms with Crippen molar-refractivity contribution in [3.8, 4) is 0 Å². The molecule has 0 amide bonds. The minimum absolute atomic E-state index is 0. The molecule has 0 fully saturated rings. The SMILES string of the molecule is [CH2-]C(C)C([CH2-])NC.[U+2]. The van der Waals surface area contributed by atoms with Crippen molar-refractivity contribution in [3.05, 3.63) is 13.8 Å². The first-order valence-electron chi connectivity index (χ1n) is 2.52. The molecule has 0 aromatic carbocycles. The van der Waals surface area contributed by atoms with Gasteiger partial charge in [0.25, 0.3) is 0 Å². The van der Waals surface area contributed by atoms with Gasteiger partial charge in [0.1, 0.15) is 0 Å². The van der Waals surface area contributed by atoms with E-state index in [-0.39, 0.29) is 31.1 Å².